The van der Waals surface area contributed by atoms with Gasteiger partial charge in [-0.1, -0.05) is 18.5 Å². The zero-order chi connectivity index (χ0) is 20.8. The van der Waals surface area contributed by atoms with Gasteiger partial charge in [0.1, 0.15) is 18.2 Å². The number of nitrogens with one attached hydrogen (secondary N) is 1. The molecule has 0 aliphatic heterocycles. The number of carbonyl (C=O) groups excluding carboxylic acids is 1. The number of carbonyl (C=O) groups is 1. The van der Waals surface area contributed by atoms with Gasteiger partial charge in [-0.25, -0.2) is 14.4 Å². The second-order valence-corrected chi connectivity index (χ2v) is 8.68. The average Bonchev–Trinajstić information content (AvgIpc) is 3.24. The molecular formula is C23H21ClFN3O2. The number of rotatable bonds is 5. The van der Waals surface area contributed by atoms with Crippen LogP contribution in [-0.2, 0) is 4.79 Å². The molecule has 2 fully saturated rings. The van der Waals surface area contributed by atoms with E-state index in [0.29, 0.717) is 39.6 Å². The molecule has 1 heterocycles. The third-order valence-electron chi connectivity index (χ3n) is 6.41. The molecule has 5 rings (SSSR count). The normalized spacial score (nSPS) is 25.6. The highest BCUT2D eigenvalue weighted by Crippen LogP contribution is 2.61. The summed E-state index contributed by atoms with van der Waals surface area (Å²) in [6.07, 6.45) is 3.24. The average molecular weight is 426 g/mol. The number of anilines is 1. The minimum Gasteiger partial charge on any atom is -0.474 e. The molecule has 0 radical (unpaired) electrons. The van der Waals surface area contributed by atoms with Crippen LogP contribution in [0.1, 0.15) is 19.8 Å². The van der Waals surface area contributed by atoms with E-state index in [1.54, 1.807) is 30.3 Å². The molecule has 2 saturated carbocycles. The number of hydrogen-bond acceptors (Lipinski definition) is 4. The van der Waals surface area contributed by atoms with Crippen LogP contribution in [-0.4, -0.2) is 22.0 Å². The van der Waals surface area contributed by atoms with Gasteiger partial charge in [-0.2, -0.15) is 0 Å². The van der Waals surface area contributed by atoms with Crippen LogP contribution in [0.25, 0.3) is 10.9 Å². The largest absolute Gasteiger partial charge is 0.474 e. The maximum Gasteiger partial charge on any atom is 0.227 e. The van der Waals surface area contributed by atoms with Crippen molar-refractivity contribution in [1.29, 1.82) is 0 Å². The van der Waals surface area contributed by atoms with E-state index in [9.17, 15) is 9.18 Å². The molecule has 154 valence electrons. The molecule has 5 atom stereocenters. The first-order chi connectivity index (χ1) is 14.5. The van der Waals surface area contributed by atoms with Gasteiger partial charge in [0, 0.05) is 16.6 Å². The van der Waals surface area contributed by atoms with Crippen LogP contribution in [0.4, 0.5) is 10.1 Å². The Morgan fingerprint density at radius 1 is 1.17 bits per heavy atom. The van der Waals surface area contributed by atoms with E-state index >= 15 is 0 Å². The molecule has 2 aliphatic rings. The number of hydrogen-bond donors (Lipinski definition) is 1. The Morgan fingerprint density at radius 2 is 1.90 bits per heavy atom. The van der Waals surface area contributed by atoms with Crippen molar-refractivity contribution in [3.8, 4) is 5.88 Å². The molecule has 30 heavy (non-hydrogen) atoms. The molecule has 0 saturated heterocycles. The van der Waals surface area contributed by atoms with Gasteiger partial charge in [-0.3, -0.25) is 4.79 Å². The van der Waals surface area contributed by atoms with Crippen molar-refractivity contribution in [2.75, 3.05) is 5.32 Å². The van der Waals surface area contributed by atoms with Gasteiger partial charge >= 0.3 is 0 Å². The Bertz CT molecular complexity index is 1100. The summed E-state index contributed by atoms with van der Waals surface area (Å²) in [6.45, 7) is 1.99. The molecule has 2 aliphatic carbocycles. The smallest absolute Gasteiger partial charge is 0.227 e. The molecule has 1 aromatic heterocycles. The van der Waals surface area contributed by atoms with Crippen molar-refractivity contribution in [2.45, 2.75) is 25.9 Å². The second kappa shape index (κ2) is 7.51. The van der Waals surface area contributed by atoms with Gasteiger partial charge in [-0.05, 0) is 73.1 Å². The SMILES string of the molecule is C[C@H](C(=O)Nc1ccc(Cl)cc1)[C@H]1[C@@H]2C[C@@H](Oc3ncnc4ccc(F)cc34)C[C@@H]21. The van der Waals surface area contributed by atoms with E-state index in [4.69, 9.17) is 16.3 Å². The van der Waals surface area contributed by atoms with Gasteiger partial charge in [-0.15, -0.1) is 0 Å². The summed E-state index contributed by atoms with van der Waals surface area (Å²) < 4.78 is 19.7. The maximum absolute atomic E-state index is 13.6. The summed E-state index contributed by atoms with van der Waals surface area (Å²) in [7, 11) is 0. The Kier molecular flexibility index (Phi) is 4.82. The fourth-order valence-electron chi connectivity index (χ4n) is 4.90. The van der Waals surface area contributed by atoms with Gasteiger partial charge in [0.05, 0.1) is 10.9 Å². The number of ether oxygens (including phenoxy) is 1. The van der Waals surface area contributed by atoms with Crippen molar-refractivity contribution in [3.05, 3.63) is 59.6 Å². The van der Waals surface area contributed by atoms with Crippen molar-refractivity contribution in [1.82, 2.24) is 9.97 Å². The molecule has 1 amide bonds. The molecule has 3 aromatic rings. The Hall–Kier alpha value is -2.73. The summed E-state index contributed by atoms with van der Waals surface area (Å²) in [5.41, 5.74) is 1.42. The number of amides is 1. The third-order valence-corrected chi connectivity index (χ3v) is 6.66. The number of nitrogens with zero attached hydrogens (tertiary/aromatic N) is 2. The summed E-state index contributed by atoms with van der Waals surface area (Å²) >= 11 is 5.90. The van der Waals surface area contributed by atoms with Crippen molar-refractivity contribution >= 4 is 34.1 Å². The van der Waals surface area contributed by atoms with E-state index in [1.807, 2.05) is 6.92 Å². The van der Waals surface area contributed by atoms with E-state index in [2.05, 4.69) is 15.3 Å². The molecule has 0 bridgehead atoms. The van der Waals surface area contributed by atoms with Crippen molar-refractivity contribution in [3.63, 3.8) is 0 Å². The zero-order valence-corrected chi connectivity index (χ0v) is 17.1. The molecule has 7 heteroatoms. The van der Waals surface area contributed by atoms with Crippen LogP contribution in [0.2, 0.25) is 5.02 Å². The Labute approximate surface area is 178 Å². The summed E-state index contributed by atoms with van der Waals surface area (Å²) in [4.78, 5) is 21.0. The molecule has 5 nitrogen and oxygen atoms in total. The quantitative estimate of drug-likeness (QED) is 0.617. The minimum absolute atomic E-state index is 0.0316. The first kappa shape index (κ1) is 19.2. The van der Waals surface area contributed by atoms with E-state index in [1.165, 1.54) is 18.5 Å². The van der Waals surface area contributed by atoms with Gasteiger partial charge in [0.25, 0.3) is 0 Å². The van der Waals surface area contributed by atoms with Crippen LogP contribution in [0, 0.1) is 29.5 Å². The van der Waals surface area contributed by atoms with E-state index < -0.39 is 0 Å². The van der Waals surface area contributed by atoms with Crippen LogP contribution in [0.5, 0.6) is 5.88 Å². The van der Waals surface area contributed by atoms with Crippen molar-refractivity contribution < 1.29 is 13.9 Å². The fourth-order valence-corrected chi connectivity index (χ4v) is 5.03. The minimum atomic E-state index is -0.336. The lowest BCUT2D eigenvalue weighted by molar-refractivity contribution is -0.120. The third kappa shape index (κ3) is 3.60. The Balaban J connectivity index is 1.20. The number of aromatic nitrogens is 2. The Morgan fingerprint density at radius 3 is 2.63 bits per heavy atom. The zero-order valence-electron chi connectivity index (χ0n) is 16.4. The maximum atomic E-state index is 13.6. The van der Waals surface area contributed by atoms with Crippen molar-refractivity contribution in [2.24, 2.45) is 23.7 Å². The number of fused-ring (bicyclic) bond motifs is 2. The molecule has 0 spiro atoms. The monoisotopic (exact) mass is 425 g/mol. The topological polar surface area (TPSA) is 64.1 Å². The highest BCUT2D eigenvalue weighted by molar-refractivity contribution is 6.30. The predicted molar refractivity (Wildman–Crippen MR) is 113 cm³/mol. The van der Waals surface area contributed by atoms with E-state index in [-0.39, 0.29) is 23.7 Å². The molecule has 1 N–H and O–H groups in total. The van der Waals surface area contributed by atoms with Gasteiger partial charge in [0.15, 0.2) is 0 Å². The summed E-state index contributed by atoms with van der Waals surface area (Å²) in [5.74, 6) is 1.39. The first-order valence-corrected chi connectivity index (χ1v) is 10.5. The summed E-state index contributed by atoms with van der Waals surface area (Å²) in [6, 6.07) is 11.6. The van der Waals surface area contributed by atoms with Crippen LogP contribution in [0.15, 0.2) is 48.8 Å². The highest BCUT2D eigenvalue weighted by Gasteiger charge is 2.59. The van der Waals surface area contributed by atoms with Crippen LogP contribution >= 0.6 is 11.6 Å². The van der Waals surface area contributed by atoms with Crippen LogP contribution < -0.4 is 10.1 Å². The molecule has 2 aromatic carbocycles. The lowest BCUT2D eigenvalue weighted by Crippen LogP contribution is -2.25. The molecule has 0 unspecified atom stereocenters. The lowest BCUT2D eigenvalue weighted by atomic mass is 9.97. The summed E-state index contributed by atoms with van der Waals surface area (Å²) in [5, 5.41) is 4.20. The first-order valence-electron chi connectivity index (χ1n) is 10.1. The number of halogens is 2. The van der Waals surface area contributed by atoms with Crippen LogP contribution in [0.3, 0.4) is 0 Å². The predicted octanol–water partition coefficient (Wildman–Crippen LogP) is 5.10. The fraction of sp³-hybridized carbons (Fsp3) is 0.348. The second-order valence-electron chi connectivity index (χ2n) is 8.24. The number of benzene rings is 2. The molecular weight excluding hydrogens is 405 g/mol. The standard InChI is InChI=1S/C23H21ClFN3O2/c1-12(22(29)28-15-5-2-13(24)3-6-15)21-17-9-16(10-18(17)21)30-23-19-8-14(25)4-7-20(19)26-11-27-23/h2-8,11-12,16-18,21H,9-10H2,1H3,(H,28,29)/t12-,16-,17-,18+,21+/m0/s1. The van der Waals surface area contributed by atoms with Gasteiger partial charge in [0.2, 0.25) is 11.8 Å². The highest BCUT2D eigenvalue weighted by atomic mass is 35.5. The van der Waals surface area contributed by atoms with Gasteiger partial charge < -0.3 is 10.1 Å². The lowest BCUT2D eigenvalue weighted by Gasteiger charge is -2.19. The van der Waals surface area contributed by atoms with E-state index in [0.717, 1.165) is 18.5 Å².